The normalized spacial score (nSPS) is 16.1. The molecule has 19 heavy (non-hydrogen) atoms. The van der Waals surface area contributed by atoms with Crippen molar-refractivity contribution >= 4 is 12.2 Å². The van der Waals surface area contributed by atoms with E-state index in [9.17, 15) is 14.8 Å². The van der Waals surface area contributed by atoms with Crippen molar-refractivity contribution in [3.05, 3.63) is 23.8 Å². The van der Waals surface area contributed by atoms with E-state index in [0.717, 1.165) is 19.3 Å². The first kappa shape index (κ1) is 15.6. The van der Waals surface area contributed by atoms with Crippen LogP contribution in [0.2, 0.25) is 0 Å². The summed E-state index contributed by atoms with van der Waals surface area (Å²) in [6, 6.07) is 0. The van der Waals surface area contributed by atoms with Crippen LogP contribution in [0.4, 0.5) is 0 Å². The van der Waals surface area contributed by atoms with Crippen LogP contribution in [0.15, 0.2) is 23.8 Å². The van der Waals surface area contributed by atoms with Gasteiger partial charge in [0.1, 0.15) is 5.78 Å². The van der Waals surface area contributed by atoms with Crippen LogP contribution >= 0.6 is 0 Å². The maximum Gasteiger partial charge on any atom is 0.233 e. The smallest absolute Gasteiger partial charge is 0.233 e. The fraction of sp³-hybridized carbons (Fsp3) is 0.600. The molecule has 0 radical (unpaired) electrons. The third-order valence-corrected chi connectivity index (χ3v) is 3.30. The van der Waals surface area contributed by atoms with Gasteiger partial charge < -0.3 is 0 Å². The lowest BCUT2D eigenvalue weighted by Crippen LogP contribution is -2.28. The summed E-state index contributed by atoms with van der Waals surface area (Å²) in [6.07, 6.45) is 9.93. The second-order valence-electron chi connectivity index (χ2n) is 5.38. The average Bonchev–Trinajstić information content (AvgIpc) is 2.39. The first-order chi connectivity index (χ1) is 9.02. The molecule has 0 fully saturated rings. The molecule has 4 heteroatoms. The molecule has 0 saturated carbocycles. The molecule has 0 aromatic carbocycles. The van der Waals surface area contributed by atoms with Gasteiger partial charge in [0, 0.05) is 12.3 Å². The van der Waals surface area contributed by atoms with Gasteiger partial charge in [-0.05, 0) is 25.2 Å². The average molecular weight is 265 g/mol. The van der Waals surface area contributed by atoms with Crippen molar-refractivity contribution in [2.75, 3.05) is 6.54 Å². The van der Waals surface area contributed by atoms with E-state index in [4.69, 9.17) is 0 Å². The van der Waals surface area contributed by atoms with Crippen molar-refractivity contribution in [3.63, 3.8) is 0 Å². The number of carbonyl (C=O) groups is 2. The van der Waals surface area contributed by atoms with E-state index in [2.05, 4.69) is 18.2 Å². The molecule has 1 atom stereocenters. The van der Waals surface area contributed by atoms with E-state index in [1.165, 1.54) is 5.57 Å². The Morgan fingerprint density at radius 2 is 2.21 bits per heavy atom. The van der Waals surface area contributed by atoms with E-state index in [0.29, 0.717) is 17.9 Å². The van der Waals surface area contributed by atoms with Crippen molar-refractivity contribution in [1.29, 1.82) is 0 Å². The van der Waals surface area contributed by atoms with Crippen LogP contribution in [-0.4, -0.2) is 29.0 Å². The Balaban J connectivity index is 2.62. The van der Waals surface area contributed by atoms with Crippen LogP contribution in [0.1, 0.15) is 39.5 Å². The number of hydrogen-bond donors (Lipinski definition) is 1. The number of rotatable bonds is 8. The molecule has 1 aliphatic rings. The van der Waals surface area contributed by atoms with Crippen molar-refractivity contribution < 1.29 is 14.8 Å². The number of amides is 1. The lowest BCUT2D eigenvalue weighted by Gasteiger charge is -2.21. The monoisotopic (exact) mass is 265 g/mol. The van der Waals surface area contributed by atoms with Gasteiger partial charge in [-0.2, -0.15) is 0 Å². The standard InChI is InChI=1S/C15H23NO3/c1-12(2)15(18)9-14(10-16(19)11-17)8-13-6-4-3-5-7-13/h4,6-7,11-12,14,19H,3,5,8-10H2,1-2H3/t14-/m1/s1. The molecule has 0 spiro atoms. The summed E-state index contributed by atoms with van der Waals surface area (Å²) >= 11 is 0. The number of allylic oxidation sites excluding steroid dienone is 4. The predicted molar refractivity (Wildman–Crippen MR) is 73.6 cm³/mol. The van der Waals surface area contributed by atoms with Crippen molar-refractivity contribution in [3.8, 4) is 0 Å². The van der Waals surface area contributed by atoms with Gasteiger partial charge in [0.15, 0.2) is 0 Å². The topological polar surface area (TPSA) is 57.6 Å². The minimum absolute atomic E-state index is 0.0123. The lowest BCUT2D eigenvalue weighted by atomic mass is 9.89. The summed E-state index contributed by atoms with van der Waals surface area (Å²) in [5, 5.41) is 9.96. The summed E-state index contributed by atoms with van der Waals surface area (Å²) in [6.45, 7) is 3.94. The summed E-state index contributed by atoms with van der Waals surface area (Å²) in [5.41, 5.74) is 1.19. The molecule has 4 nitrogen and oxygen atoms in total. The van der Waals surface area contributed by atoms with Gasteiger partial charge in [-0.15, -0.1) is 0 Å². The van der Waals surface area contributed by atoms with E-state index < -0.39 is 0 Å². The molecule has 106 valence electrons. The summed E-state index contributed by atoms with van der Waals surface area (Å²) in [7, 11) is 0. The molecular weight excluding hydrogens is 242 g/mol. The molecule has 1 N–H and O–H groups in total. The second-order valence-corrected chi connectivity index (χ2v) is 5.38. The predicted octanol–water partition coefficient (Wildman–Crippen LogP) is 2.73. The van der Waals surface area contributed by atoms with Crippen molar-refractivity contribution in [2.24, 2.45) is 11.8 Å². The van der Waals surface area contributed by atoms with Gasteiger partial charge in [0.05, 0.1) is 6.54 Å². The van der Waals surface area contributed by atoms with Crippen LogP contribution in [0.25, 0.3) is 0 Å². The third kappa shape index (κ3) is 5.83. The molecule has 1 amide bonds. The Labute approximate surface area is 114 Å². The second kappa shape index (κ2) is 7.89. The maximum absolute atomic E-state index is 11.8. The lowest BCUT2D eigenvalue weighted by molar-refractivity contribution is -0.153. The van der Waals surface area contributed by atoms with E-state index in [1.54, 1.807) is 0 Å². The zero-order valence-electron chi connectivity index (χ0n) is 11.7. The van der Waals surface area contributed by atoms with E-state index in [-0.39, 0.29) is 24.2 Å². The van der Waals surface area contributed by atoms with Crippen LogP contribution in [0.3, 0.4) is 0 Å². The molecule has 0 unspecified atom stereocenters. The van der Waals surface area contributed by atoms with Gasteiger partial charge in [-0.3, -0.25) is 14.8 Å². The quantitative estimate of drug-likeness (QED) is 0.417. The highest BCUT2D eigenvalue weighted by Crippen LogP contribution is 2.22. The zero-order valence-corrected chi connectivity index (χ0v) is 11.7. The first-order valence-corrected chi connectivity index (χ1v) is 6.82. The highest BCUT2D eigenvalue weighted by Gasteiger charge is 2.19. The Bertz CT molecular complexity index is 372. The molecule has 0 aliphatic heterocycles. The zero-order chi connectivity index (χ0) is 14.3. The van der Waals surface area contributed by atoms with Crippen molar-refractivity contribution in [1.82, 2.24) is 5.06 Å². The van der Waals surface area contributed by atoms with Crippen LogP contribution in [0, 0.1) is 11.8 Å². The maximum atomic E-state index is 11.8. The molecule has 1 aliphatic carbocycles. The molecule has 0 bridgehead atoms. The minimum Gasteiger partial charge on any atom is -0.299 e. The van der Waals surface area contributed by atoms with Gasteiger partial charge in [0.2, 0.25) is 6.41 Å². The number of nitrogens with zero attached hydrogens (tertiary/aromatic N) is 1. The first-order valence-electron chi connectivity index (χ1n) is 6.82. The Morgan fingerprint density at radius 3 is 2.74 bits per heavy atom. The largest absolute Gasteiger partial charge is 0.299 e. The summed E-state index contributed by atoms with van der Waals surface area (Å²) in [4.78, 5) is 22.4. The van der Waals surface area contributed by atoms with Crippen LogP contribution in [-0.2, 0) is 9.59 Å². The van der Waals surface area contributed by atoms with Crippen LogP contribution in [0.5, 0.6) is 0 Å². The van der Waals surface area contributed by atoms with E-state index >= 15 is 0 Å². The number of ketones is 1. The van der Waals surface area contributed by atoms with Crippen molar-refractivity contribution in [2.45, 2.75) is 39.5 Å². The molecule has 0 aromatic rings. The number of Topliss-reactive ketones (excluding diaryl/α,β-unsaturated/α-hetero) is 1. The summed E-state index contributed by atoms with van der Waals surface area (Å²) < 4.78 is 0. The van der Waals surface area contributed by atoms with E-state index in [1.807, 2.05) is 13.8 Å². The van der Waals surface area contributed by atoms with Gasteiger partial charge in [0.25, 0.3) is 0 Å². The molecular formula is C15H23NO3. The van der Waals surface area contributed by atoms with Crippen LogP contribution < -0.4 is 0 Å². The number of carbonyl (C=O) groups excluding carboxylic acids is 2. The fourth-order valence-corrected chi connectivity index (χ4v) is 2.18. The number of hydroxylamine groups is 2. The summed E-state index contributed by atoms with van der Waals surface area (Å²) in [5.74, 6) is 0.130. The fourth-order valence-electron chi connectivity index (χ4n) is 2.18. The van der Waals surface area contributed by atoms with Gasteiger partial charge in [-0.25, -0.2) is 5.06 Å². The molecule has 1 rings (SSSR count). The van der Waals surface area contributed by atoms with Gasteiger partial charge in [-0.1, -0.05) is 37.6 Å². The highest BCUT2D eigenvalue weighted by molar-refractivity contribution is 5.80. The number of hydrogen-bond acceptors (Lipinski definition) is 3. The van der Waals surface area contributed by atoms with Gasteiger partial charge >= 0.3 is 0 Å². The Kier molecular flexibility index (Phi) is 6.50. The Hall–Kier alpha value is -1.42. The Morgan fingerprint density at radius 1 is 1.47 bits per heavy atom. The SMILES string of the molecule is CC(C)C(=O)C[C@@H](CC1=CCCC=C1)CN(O)C=O. The highest BCUT2D eigenvalue weighted by atomic mass is 16.5. The molecule has 0 heterocycles. The molecule has 0 aromatic heterocycles. The third-order valence-electron chi connectivity index (χ3n) is 3.30. The minimum atomic E-state index is -0.0286. The molecule has 0 saturated heterocycles.